The van der Waals surface area contributed by atoms with Gasteiger partial charge in [-0.15, -0.1) is 0 Å². The van der Waals surface area contributed by atoms with Gasteiger partial charge in [0.15, 0.2) is 0 Å². The summed E-state index contributed by atoms with van der Waals surface area (Å²) in [4.78, 5) is 13.3. The van der Waals surface area contributed by atoms with Crippen LogP contribution in [0.15, 0.2) is 69.9 Å². The minimum Gasteiger partial charge on any atom is -0.421 e. The molecule has 0 radical (unpaired) electrons. The molecule has 0 aliphatic carbocycles. The fourth-order valence-corrected chi connectivity index (χ4v) is 4.74. The summed E-state index contributed by atoms with van der Waals surface area (Å²) in [5, 5.41) is 12.0. The van der Waals surface area contributed by atoms with Crippen molar-refractivity contribution in [2.24, 2.45) is 0 Å². The third-order valence-corrected chi connectivity index (χ3v) is 7.12. The third-order valence-electron chi connectivity index (χ3n) is 7.12. The van der Waals surface area contributed by atoms with Gasteiger partial charge in [-0.25, -0.2) is 9.18 Å². The zero-order valence-electron chi connectivity index (χ0n) is 21.7. The highest BCUT2D eigenvalue weighted by molar-refractivity contribution is 6.19. The molecular weight excluding hydrogens is 453 g/mol. The van der Waals surface area contributed by atoms with Gasteiger partial charge in [0.25, 0.3) is 0 Å². The number of para-hydroxylation sites is 1. The number of aromatic nitrogens is 1. The van der Waals surface area contributed by atoms with E-state index < -0.39 is 5.63 Å². The van der Waals surface area contributed by atoms with Crippen molar-refractivity contribution in [2.45, 2.75) is 59.4 Å². The van der Waals surface area contributed by atoms with Gasteiger partial charge >= 0.3 is 5.63 Å². The molecule has 5 heteroatoms. The van der Waals surface area contributed by atoms with Crippen molar-refractivity contribution in [3.05, 3.63) is 93.6 Å². The molecule has 36 heavy (non-hydrogen) atoms. The quantitative estimate of drug-likeness (QED) is 0.255. The standard InChI is InChI=1S/C29H28FNO3.C2H6/c1-4-29(2,3)20-10-12-24-22(16-20)26-21-7-5-6-8-25(21)34-28(33)27(26)31(24)17-19-15-18(13-14-32)9-11-23(19)30;1-2/h5-12,15-16,32H,4,13-14,17H2,1-3H3;1-2H3. The van der Waals surface area contributed by atoms with Crippen LogP contribution in [0.3, 0.4) is 0 Å². The van der Waals surface area contributed by atoms with E-state index in [1.807, 2.05) is 42.7 Å². The average molecular weight is 488 g/mol. The summed E-state index contributed by atoms with van der Waals surface area (Å²) in [6.07, 6.45) is 1.42. The minimum atomic E-state index is -0.437. The van der Waals surface area contributed by atoms with E-state index in [9.17, 15) is 14.3 Å². The van der Waals surface area contributed by atoms with Gasteiger partial charge in [-0.2, -0.15) is 0 Å². The number of aliphatic hydroxyl groups excluding tert-OH is 1. The molecule has 2 aromatic heterocycles. The van der Waals surface area contributed by atoms with Gasteiger partial charge in [-0.05, 0) is 53.6 Å². The Hall–Kier alpha value is -3.44. The Balaban J connectivity index is 0.00000148. The molecule has 4 nitrogen and oxygen atoms in total. The monoisotopic (exact) mass is 487 g/mol. The molecule has 0 spiro atoms. The Morgan fingerprint density at radius 2 is 1.75 bits per heavy atom. The molecule has 5 aromatic rings. The maximum absolute atomic E-state index is 14.8. The highest BCUT2D eigenvalue weighted by Gasteiger charge is 2.23. The molecule has 5 rings (SSSR count). The fraction of sp³-hybridized carbons (Fsp3) is 0.323. The molecule has 1 N–H and O–H groups in total. The maximum atomic E-state index is 14.8. The van der Waals surface area contributed by atoms with Gasteiger partial charge in [-0.1, -0.05) is 71.0 Å². The Morgan fingerprint density at radius 3 is 2.47 bits per heavy atom. The molecule has 2 heterocycles. The van der Waals surface area contributed by atoms with Crippen LogP contribution in [-0.2, 0) is 18.4 Å². The molecule has 0 aliphatic heterocycles. The molecule has 0 saturated heterocycles. The predicted molar refractivity (Wildman–Crippen MR) is 146 cm³/mol. The smallest absolute Gasteiger partial charge is 0.361 e. The van der Waals surface area contributed by atoms with Gasteiger partial charge in [0.1, 0.15) is 16.9 Å². The van der Waals surface area contributed by atoms with Crippen LogP contribution >= 0.6 is 0 Å². The molecule has 0 fully saturated rings. The summed E-state index contributed by atoms with van der Waals surface area (Å²) in [5.74, 6) is -0.342. The lowest BCUT2D eigenvalue weighted by atomic mass is 9.82. The number of nitrogens with zero attached hydrogens (tertiary/aromatic N) is 1. The highest BCUT2D eigenvalue weighted by Crippen LogP contribution is 2.37. The van der Waals surface area contributed by atoms with Gasteiger partial charge in [0.2, 0.25) is 0 Å². The Kier molecular flexibility index (Phi) is 7.32. The number of aliphatic hydroxyl groups is 1. The molecule has 0 unspecified atom stereocenters. The van der Waals surface area contributed by atoms with Crippen molar-refractivity contribution < 1.29 is 13.9 Å². The summed E-state index contributed by atoms with van der Waals surface area (Å²) in [5.41, 5.74) is 3.88. The highest BCUT2D eigenvalue weighted by atomic mass is 19.1. The van der Waals surface area contributed by atoms with E-state index in [0.717, 1.165) is 33.7 Å². The molecule has 0 saturated carbocycles. The van der Waals surface area contributed by atoms with Crippen molar-refractivity contribution in [3.63, 3.8) is 0 Å². The molecule has 188 valence electrons. The topological polar surface area (TPSA) is 55.4 Å². The third kappa shape index (κ3) is 4.44. The SMILES string of the molecule is CC.CCC(C)(C)c1ccc2c(c1)c1c3ccccc3oc(=O)c1n2Cc1cc(CCO)ccc1F. The van der Waals surface area contributed by atoms with Crippen LogP contribution in [-0.4, -0.2) is 16.3 Å². The van der Waals surface area contributed by atoms with E-state index in [1.54, 1.807) is 18.2 Å². The van der Waals surface area contributed by atoms with Gasteiger partial charge in [-0.3, -0.25) is 0 Å². The molecule has 0 aliphatic rings. The Morgan fingerprint density at radius 1 is 1.00 bits per heavy atom. The summed E-state index contributed by atoms with van der Waals surface area (Å²) >= 11 is 0. The van der Waals surface area contributed by atoms with Crippen molar-refractivity contribution in [1.82, 2.24) is 4.57 Å². The Labute approximate surface area is 211 Å². The van der Waals surface area contributed by atoms with Gasteiger partial charge in [0, 0.05) is 33.8 Å². The number of fused-ring (bicyclic) bond motifs is 5. The van der Waals surface area contributed by atoms with E-state index in [0.29, 0.717) is 23.1 Å². The van der Waals surface area contributed by atoms with Gasteiger partial charge in [0.05, 0.1) is 6.54 Å². The minimum absolute atomic E-state index is 0.00791. The van der Waals surface area contributed by atoms with Crippen LogP contribution in [0.25, 0.3) is 32.8 Å². The van der Waals surface area contributed by atoms with Crippen molar-refractivity contribution in [1.29, 1.82) is 0 Å². The van der Waals surface area contributed by atoms with E-state index in [-0.39, 0.29) is 24.4 Å². The first-order valence-electron chi connectivity index (χ1n) is 12.7. The second-order valence-electron chi connectivity index (χ2n) is 9.56. The normalized spacial score (nSPS) is 11.8. The lowest BCUT2D eigenvalue weighted by Gasteiger charge is -2.23. The maximum Gasteiger partial charge on any atom is 0.361 e. The van der Waals surface area contributed by atoms with Crippen LogP contribution in [0, 0.1) is 5.82 Å². The van der Waals surface area contributed by atoms with Crippen LogP contribution in [0.1, 0.15) is 57.7 Å². The Bertz CT molecular complexity index is 1590. The largest absolute Gasteiger partial charge is 0.421 e. The predicted octanol–water partition coefficient (Wildman–Crippen LogP) is 7.34. The first kappa shape index (κ1) is 25.6. The molecule has 0 atom stereocenters. The first-order valence-corrected chi connectivity index (χ1v) is 12.7. The van der Waals surface area contributed by atoms with E-state index in [4.69, 9.17) is 4.42 Å². The lowest BCUT2D eigenvalue weighted by molar-refractivity contribution is 0.299. The first-order chi connectivity index (χ1) is 17.3. The second kappa shape index (κ2) is 10.3. The van der Waals surface area contributed by atoms with Crippen LogP contribution < -0.4 is 5.63 Å². The zero-order chi connectivity index (χ0) is 26.0. The summed E-state index contributed by atoms with van der Waals surface area (Å²) in [7, 11) is 0. The number of hydrogen-bond acceptors (Lipinski definition) is 3. The second-order valence-corrected chi connectivity index (χ2v) is 9.56. The van der Waals surface area contributed by atoms with E-state index >= 15 is 0 Å². The van der Waals surface area contributed by atoms with Gasteiger partial charge < -0.3 is 14.1 Å². The number of hydrogen-bond donors (Lipinski definition) is 1. The molecule has 3 aromatic carbocycles. The molecule has 0 bridgehead atoms. The van der Waals surface area contributed by atoms with Crippen molar-refractivity contribution >= 4 is 32.8 Å². The van der Waals surface area contributed by atoms with Crippen LogP contribution in [0.2, 0.25) is 0 Å². The van der Waals surface area contributed by atoms with E-state index in [1.165, 1.54) is 11.6 Å². The summed E-state index contributed by atoms with van der Waals surface area (Å²) < 4.78 is 22.4. The number of rotatable bonds is 6. The van der Waals surface area contributed by atoms with Crippen molar-refractivity contribution in [3.8, 4) is 0 Å². The zero-order valence-corrected chi connectivity index (χ0v) is 21.7. The summed E-state index contributed by atoms with van der Waals surface area (Å²) in [6, 6.07) is 18.7. The van der Waals surface area contributed by atoms with Crippen LogP contribution in [0.4, 0.5) is 4.39 Å². The lowest BCUT2D eigenvalue weighted by Crippen LogP contribution is -2.15. The van der Waals surface area contributed by atoms with E-state index in [2.05, 4.69) is 32.9 Å². The average Bonchev–Trinajstić information content (AvgIpc) is 3.22. The molecule has 0 amide bonds. The number of halogens is 1. The number of benzene rings is 3. The fourth-order valence-electron chi connectivity index (χ4n) is 4.74. The molecular formula is C31H34FNO3. The van der Waals surface area contributed by atoms with Crippen LogP contribution in [0.5, 0.6) is 0 Å². The van der Waals surface area contributed by atoms with Crippen molar-refractivity contribution in [2.75, 3.05) is 6.61 Å². The summed E-state index contributed by atoms with van der Waals surface area (Å²) in [6.45, 7) is 10.8.